The monoisotopic (exact) mass is 637 g/mol. The number of thiophene rings is 1. The summed E-state index contributed by atoms with van der Waals surface area (Å²) in [5.41, 5.74) is 5.19. The van der Waals surface area contributed by atoms with Gasteiger partial charge >= 0.3 is 0 Å². The molecule has 0 aliphatic rings. The minimum Gasteiger partial charge on any atom is -0.309 e. The molecule has 0 aliphatic carbocycles. The van der Waals surface area contributed by atoms with Gasteiger partial charge in [0.2, 0.25) is 0 Å². The van der Waals surface area contributed by atoms with E-state index in [-0.39, 0.29) is 0 Å². The molecule has 0 saturated carbocycles. The third kappa shape index (κ3) is 4.62. The number of hydrogen-bond acceptors (Lipinski definition) is 3. The molecular weight excluding hydrogens is 610 g/mol. The predicted molar refractivity (Wildman–Crippen MR) is 202 cm³/mol. The molecule has 222 valence electrons. The van der Waals surface area contributed by atoms with Gasteiger partial charge in [-0.1, -0.05) is 146 Å². The lowest BCUT2D eigenvalue weighted by Gasteiger charge is -2.20. The van der Waals surface area contributed by atoms with Crippen molar-refractivity contribution in [2.45, 2.75) is 0 Å². The van der Waals surface area contributed by atoms with Crippen molar-refractivity contribution in [3.8, 4) is 22.4 Å². The highest BCUT2D eigenvalue weighted by Gasteiger charge is 2.29. The lowest BCUT2D eigenvalue weighted by atomic mass is 9.99. The van der Waals surface area contributed by atoms with Crippen LogP contribution in [-0.4, -0.2) is 4.98 Å². The number of nitrogens with zero attached hydrogens (tertiary/aromatic N) is 1. The fourth-order valence-corrected chi connectivity index (χ4v) is 10.7. The van der Waals surface area contributed by atoms with Crippen LogP contribution in [0.5, 0.6) is 0 Å². The van der Waals surface area contributed by atoms with Crippen LogP contribution in [0, 0.1) is 0 Å². The van der Waals surface area contributed by atoms with Crippen molar-refractivity contribution >= 4 is 76.2 Å². The maximum Gasteiger partial charge on any atom is 0.171 e. The Balaban J connectivity index is 1.18. The van der Waals surface area contributed by atoms with Gasteiger partial charge in [-0.3, -0.25) is 0 Å². The van der Waals surface area contributed by atoms with Crippen molar-refractivity contribution in [3.05, 3.63) is 170 Å². The van der Waals surface area contributed by atoms with Crippen LogP contribution in [0.25, 0.3) is 64.2 Å². The van der Waals surface area contributed by atoms with Crippen LogP contribution in [0.15, 0.2) is 170 Å². The van der Waals surface area contributed by atoms with E-state index in [9.17, 15) is 0 Å². The molecule has 0 bridgehead atoms. The molecule has 0 unspecified atom stereocenters. The molecular formula is C43H28NOPS. The SMILES string of the molecule is O=P(c1ccccc1)(c1ccccc1)c1cccc(-c2ccc(-c3nc4cc5ccccc5cc4c4c3sc3ccccc34)cc2)c1. The molecule has 0 amide bonds. The van der Waals surface area contributed by atoms with Gasteiger partial charge in [0.25, 0.3) is 0 Å². The number of benzene rings is 7. The van der Waals surface area contributed by atoms with Gasteiger partial charge in [0, 0.05) is 42.3 Å². The molecule has 0 aliphatic heterocycles. The molecule has 0 fully saturated rings. The molecule has 0 radical (unpaired) electrons. The Morgan fingerprint density at radius 3 is 1.79 bits per heavy atom. The second-order valence-electron chi connectivity index (χ2n) is 11.9. The van der Waals surface area contributed by atoms with Crippen LogP contribution in [-0.2, 0) is 4.57 Å². The van der Waals surface area contributed by atoms with Gasteiger partial charge in [-0.15, -0.1) is 11.3 Å². The molecule has 0 spiro atoms. The summed E-state index contributed by atoms with van der Waals surface area (Å²) in [7, 11) is -3.07. The largest absolute Gasteiger partial charge is 0.309 e. The first kappa shape index (κ1) is 27.9. The van der Waals surface area contributed by atoms with E-state index in [2.05, 4.69) is 97.1 Å². The molecule has 4 heteroatoms. The molecule has 9 aromatic rings. The van der Waals surface area contributed by atoms with E-state index in [1.54, 1.807) is 0 Å². The zero-order valence-electron chi connectivity index (χ0n) is 25.4. The van der Waals surface area contributed by atoms with Crippen molar-refractivity contribution in [1.29, 1.82) is 0 Å². The standard InChI is InChI=1S/C43H28NOPS/c45-46(34-15-3-1-4-16-34,35-17-5-2-6-18-35)36-19-11-14-31(26-36)29-22-24-30(25-23-29)42-43-41(37-20-9-10-21-40(37)47-43)38-27-32-12-7-8-13-33(32)28-39(38)44-42/h1-28H. The van der Waals surface area contributed by atoms with Gasteiger partial charge in [0.1, 0.15) is 0 Å². The Bertz CT molecular complexity index is 2600. The molecule has 0 N–H and O–H groups in total. The first-order valence-electron chi connectivity index (χ1n) is 15.7. The number of aromatic nitrogens is 1. The van der Waals surface area contributed by atoms with Gasteiger partial charge in [-0.2, -0.15) is 0 Å². The van der Waals surface area contributed by atoms with Crippen molar-refractivity contribution in [3.63, 3.8) is 0 Å². The van der Waals surface area contributed by atoms with Crippen LogP contribution in [0.4, 0.5) is 0 Å². The summed E-state index contributed by atoms with van der Waals surface area (Å²) in [6.07, 6.45) is 0. The van der Waals surface area contributed by atoms with Crippen LogP contribution in [0.1, 0.15) is 0 Å². The average Bonchev–Trinajstić information content (AvgIpc) is 3.54. The summed E-state index contributed by atoms with van der Waals surface area (Å²) in [6, 6.07) is 58.3. The summed E-state index contributed by atoms with van der Waals surface area (Å²) < 4.78 is 17.5. The Morgan fingerprint density at radius 2 is 1.06 bits per heavy atom. The average molecular weight is 638 g/mol. The number of fused-ring (bicyclic) bond motifs is 6. The maximum atomic E-state index is 15.0. The minimum absolute atomic E-state index is 0.826. The van der Waals surface area contributed by atoms with E-state index in [1.807, 2.05) is 84.1 Å². The van der Waals surface area contributed by atoms with Crippen molar-refractivity contribution in [1.82, 2.24) is 4.98 Å². The van der Waals surface area contributed by atoms with Crippen LogP contribution < -0.4 is 15.9 Å². The molecule has 2 aromatic heterocycles. The summed E-state index contributed by atoms with van der Waals surface area (Å²) in [5.74, 6) is 0. The second kappa shape index (κ2) is 11.2. The third-order valence-corrected chi connectivity index (χ3v) is 13.4. The third-order valence-electron chi connectivity index (χ3n) is 9.12. The first-order valence-corrected chi connectivity index (χ1v) is 18.3. The van der Waals surface area contributed by atoms with E-state index >= 15 is 4.57 Å². The summed E-state index contributed by atoms with van der Waals surface area (Å²) in [5, 5.41) is 8.64. The van der Waals surface area contributed by atoms with Crippen molar-refractivity contribution < 1.29 is 4.57 Å². The zero-order chi connectivity index (χ0) is 31.4. The Labute approximate surface area is 277 Å². The number of rotatable bonds is 5. The highest BCUT2D eigenvalue weighted by Crippen LogP contribution is 2.45. The van der Waals surface area contributed by atoms with Crippen LogP contribution in [0.3, 0.4) is 0 Å². The molecule has 7 aromatic carbocycles. The lowest BCUT2D eigenvalue weighted by Crippen LogP contribution is -2.25. The Hall–Kier alpha value is -5.34. The van der Waals surface area contributed by atoms with Crippen LogP contribution in [0.2, 0.25) is 0 Å². The topological polar surface area (TPSA) is 30.0 Å². The summed E-state index contributed by atoms with van der Waals surface area (Å²) in [4.78, 5) is 5.31. The van der Waals surface area contributed by atoms with E-state index in [0.717, 1.165) is 43.8 Å². The van der Waals surface area contributed by atoms with Crippen molar-refractivity contribution in [2.24, 2.45) is 0 Å². The fraction of sp³-hybridized carbons (Fsp3) is 0. The van der Waals surface area contributed by atoms with Crippen LogP contribution >= 0.6 is 18.5 Å². The smallest absolute Gasteiger partial charge is 0.171 e. The number of hydrogen-bond donors (Lipinski definition) is 0. The lowest BCUT2D eigenvalue weighted by molar-refractivity contribution is 0.592. The van der Waals surface area contributed by atoms with E-state index in [1.165, 1.54) is 36.3 Å². The quantitative estimate of drug-likeness (QED) is 0.139. The second-order valence-corrected chi connectivity index (χ2v) is 15.7. The normalized spacial score (nSPS) is 11.9. The first-order chi connectivity index (χ1) is 23.2. The van der Waals surface area contributed by atoms with E-state index in [4.69, 9.17) is 4.98 Å². The molecule has 9 rings (SSSR count). The van der Waals surface area contributed by atoms with Gasteiger partial charge in [0.05, 0.1) is 15.9 Å². The highest BCUT2D eigenvalue weighted by atomic mass is 32.1. The molecule has 2 nitrogen and oxygen atoms in total. The van der Waals surface area contributed by atoms with Gasteiger partial charge in [0.15, 0.2) is 7.14 Å². The maximum absolute atomic E-state index is 15.0. The molecule has 0 saturated heterocycles. The van der Waals surface area contributed by atoms with E-state index < -0.39 is 7.14 Å². The van der Waals surface area contributed by atoms with E-state index in [0.29, 0.717) is 0 Å². The van der Waals surface area contributed by atoms with Crippen molar-refractivity contribution in [2.75, 3.05) is 0 Å². The molecule has 0 atom stereocenters. The summed E-state index contributed by atoms with van der Waals surface area (Å²) in [6.45, 7) is 0. The minimum atomic E-state index is -3.07. The summed E-state index contributed by atoms with van der Waals surface area (Å²) >= 11 is 1.81. The Morgan fingerprint density at radius 1 is 0.468 bits per heavy atom. The van der Waals surface area contributed by atoms with Gasteiger partial charge in [-0.05, 0) is 46.2 Å². The predicted octanol–water partition coefficient (Wildman–Crippen LogP) is 10.7. The molecule has 2 heterocycles. The number of pyridine rings is 1. The van der Waals surface area contributed by atoms with Gasteiger partial charge < -0.3 is 4.57 Å². The Kier molecular flexibility index (Phi) is 6.64. The molecule has 47 heavy (non-hydrogen) atoms. The van der Waals surface area contributed by atoms with Gasteiger partial charge in [-0.25, -0.2) is 4.98 Å². The highest BCUT2D eigenvalue weighted by molar-refractivity contribution is 7.85. The zero-order valence-corrected chi connectivity index (χ0v) is 27.1. The fourth-order valence-electron chi connectivity index (χ4n) is 6.79.